The normalized spacial score (nSPS) is 18.3. The number of nitrogens with one attached hydrogen (secondary N) is 1. The second-order valence-electron chi connectivity index (χ2n) is 5.40. The lowest BCUT2D eigenvalue weighted by atomic mass is 10.1. The molecule has 1 aliphatic carbocycles. The molecule has 3 rings (SSSR count). The van der Waals surface area contributed by atoms with Crippen LogP contribution in [0.3, 0.4) is 0 Å². The van der Waals surface area contributed by atoms with Crippen molar-refractivity contribution in [3.63, 3.8) is 0 Å². The topological polar surface area (TPSA) is 64.3 Å². The third-order valence-electron chi connectivity index (χ3n) is 3.77. The fraction of sp³-hybridized carbons (Fsp3) is 0.105. The van der Waals surface area contributed by atoms with E-state index >= 15 is 0 Å². The predicted octanol–water partition coefficient (Wildman–Crippen LogP) is 4.38. The molecule has 0 aromatic heterocycles. The Bertz CT molecular complexity index is 688. The van der Waals surface area contributed by atoms with Crippen LogP contribution in [0.15, 0.2) is 59.7 Å². The van der Waals surface area contributed by atoms with Crippen LogP contribution in [0.4, 0.5) is 0 Å². The highest BCUT2D eigenvalue weighted by Gasteiger charge is 2.19. The zero-order chi connectivity index (χ0) is 15.5. The van der Waals surface area contributed by atoms with E-state index in [0.717, 1.165) is 35.1 Å². The van der Waals surface area contributed by atoms with E-state index in [-0.39, 0.29) is 11.5 Å². The molecule has 0 unspecified atom stereocenters. The lowest BCUT2D eigenvalue weighted by molar-refractivity contribution is 0.474. The van der Waals surface area contributed by atoms with Gasteiger partial charge in [0.2, 0.25) is 0 Å². The average molecular weight is 291 g/mol. The summed E-state index contributed by atoms with van der Waals surface area (Å²) in [6.07, 6.45) is 5.70. The first kappa shape index (κ1) is 14.1. The van der Waals surface area contributed by atoms with Crippen molar-refractivity contribution in [3.05, 3.63) is 70.8 Å². The third kappa shape index (κ3) is 3.09. The summed E-state index contributed by atoms with van der Waals surface area (Å²) in [5.41, 5.74) is 4.57. The average Bonchev–Trinajstić information content (AvgIpc) is 2.85. The Morgan fingerprint density at radius 2 is 1.05 bits per heavy atom. The highest BCUT2D eigenvalue weighted by molar-refractivity contribution is 6.17. The minimum Gasteiger partial charge on any atom is -0.508 e. The van der Waals surface area contributed by atoms with Crippen LogP contribution >= 0.6 is 0 Å². The molecule has 3 N–H and O–H groups in total. The molecule has 0 atom stereocenters. The van der Waals surface area contributed by atoms with Crippen molar-refractivity contribution in [3.8, 4) is 11.5 Å². The zero-order valence-electron chi connectivity index (χ0n) is 12.1. The van der Waals surface area contributed by atoms with Gasteiger partial charge in [-0.05, 0) is 71.5 Å². The van der Waals surface area contributed by atoms with Crippen molar-refractivity contribution in [1.29, 1.82) is 5.41 Å². The Labute approximate surface area is 129 Å². The summed E-state index contributed by atoms with van der Waals surface area (Å²) in [4.78, 5) is 0. The number of allylic oxidation sites excluding steroid dienone is 2. The summed E-state index contributed by atoms with van der Waals surface area (Å²) in [5.74, 6) is 0.494. The maximum Gasteiger partial charge on any atom is 0.115 e. The smallest absolute Gasteiger partial charge is 0.115 e. The molecule has 1 aliphatic rings. The van der Waals surface area contributed by atoms with Gasteiger partial charge in [0.25, 0.3) is 0 Å². The van der Waals surface area contributed by atoms with Crippen molar-refractivity contribution in [2.24, 2.45) is 0 Å². The molecule has 1 saturated carbocycles. The van der Waals surface area contributed by atoms with E-state index in [0.29, 0.717) is 5.71 Å². The third-order valence-corrected chi connectivity index (χ3v) is 3.77. The van der Waals surface area contributed by atoms with Gasteiger partial charge in [-0.25, -0.2) is 0 Å². The Morgan fingerprint density at radius 3 is 1.41 bits per heavy atom. The van der Waals surface area contributed by atoms with Crippen molar-refractivity contribution in [2.75, 3.05) is 0 Å². The second-order valence-corrected chi connectivity index (χ2v) is 5.40. The number of benzene rings is 2. The highest BCUT2D eigenvalue weighted by Crippen LogP contribution is 2.30. The zero-order valence-corrected chi connectivity index (χ0v) is 12.1. The molecule has 0 amide bonds. The molecule has 110 valence electrons. The molecule has 2 aromatic carbocycles. The minimum atomic E-state index is 0.247. The quantitative estimate of drug-likeness (QED) is 0.769. The summed E-state index contributed by atoms with van der Waals surface area (Å²) < 4.78 is 0. The van der Waals surface area contributed by atoms with Crippen LogP contribution in [0, 0.1) is 5.41 Å². The van der Waals surface area contributed by atoms with E-state index in [1.165, 1.54) is 0 Å². The van der Waals surface area contributed by atoms with Gasteiger partial charge in [0.05, 0.1) is 5.71 Å². The Balaban J connectivity index is 1.82. The van der Waals surface area contributed by atoms with Gasteiger partial charge in [-0.15, -0.1) is 0 Å². The fourth-order valence-electron chi connectivity index (χ4n) is 2.56. The van der Waals surface area contributed by atoms with Crippen molar-refractivity contribution in [1.82, 2.24) is 0 Å². The molecule has 0 bridgehead atoms. The van der Waals surface area contributed by atoms with E-state index in [9.17, 15) is 10.2 Å². The molecule has 2 aromatic rings. The van der Waals surface area contributed by atoms with E-state index in [1.54, 1.807) is 24.3 Å². The van der Waals surface area contributed by atoms with Gasteiger partial charge in [0, 0.05) is 0 Å². The summed E-state index contributed by atoms with van der Waals surface area (Å²) in [7, 11) is 0. The first-order valence-electron chi connectivity index (χ1n) is 7.20. The Kier molecular flexibility index (Phi) is 3.79. The summed E-state index contributed by atoms with van der Waals surface area (Å²) >= 11 is 0. The summed E-state index contributed by atoms with van der Waals surface area (Å²) in [6, 6.07) is 14.0. The van der Waals surface area contributed by atoms with E-state index in [1.807, 2.05) is 36.4 Å². The molecule has 0 radical (unpaired) electrons. The van der Waals surface area contributed by atoms with Crippen LogP contribution in [0.1, 0.15) is 24.0 Å². The van der Waals surface area contributed by atoms with Crippen LogP contribution in [-0.4, -0.2) is 15.9 Å². The van der Waals surface area contributed by atoms with Crippen molar-refractivity contribution < 1.29 is 10.2 Å². The van der Waals surface area contributed by atoms with Crippen LogP contribution in [0.5, 0.6) is 11.5 Å². The standard InChI is InChI=1S/C19H17NO2/c20-19-15(11-13-1-7-17(21)8-2-13)5-6-16(19)12-14-3-9-18(22)10-4-14/h1-4,7-12,20-22H,5-6H2/b15-11+,16-12+. The van der Waals surface area contributed by atoms with Gasteiger partial charge in [-0.2, -0.15) is 0 Å². The van der Waals surface area contributed by atoms with Gasteiger partial charge < -0.3 is 15.6 Å². The molecule has 3 heteroatoms. The first-order valence-corrected chi connectivity index (χ1v) is 7.20. The highest BCUT2D eigenvalue weighted by atomic mass is 16.3. The predicted molar refractivity (Wildman–Crippen MR) is 89.1 cm³/mol. The molecular weight excluding hydrogens is 274 g/mol. The molecule has 0 saturated heterocycles. The maximum absolute atomic E-state index is 9.31. The molecule has 3 nitrogen and oxygen atoms in total. The second kappa shape index (κ2) is 5.90. The van der Waals surface area contributed by atoms with E-state index < -0.39 is 0 Å². The van der Waals surface area contributed by atoms with Crippen molar-refractivity contribution >= 4 is 17.9 Å². The van der Waals surface area contributed by atoms with Crippen LogP contribution in [0.25, 0.3) is 12.2 Å². The molecule has 0 heterocycles. The van der Waals surface area contributed by atoms with Gasteiger partial charge >= 0.3 is 0 Å². The largest absolute Gasteiger partial charge is 0.508 e. The first-order chi connectivity index (χ1) is 10.6. The van der Waals surface area contributed by atoms with Gasteiger partial charge in [-0.1, -0.05) is 24.3 Å². The van der Waals surface area contributed by atoms with Crippen LogP contribution < -0.4 is 0 Å². The number of rotatable bonds is 2. The van der Waals surface area contributed by atoms with E-state index in [2.05, 4.69) is 0 Å². The molecule has 22 heavy (non-hydrogen) atoms. The number of hydrogen-bond acceptors (Lipinski definition) is 3. The monoisotopic (exact) mass is 291 g/mol. The molecule has 0 aliphatic heterocycles. The molecular formula is C19H17NO2. The Hall–Kier alpha value is -2.81. The van der Waals surface area contributed by atoms with Crippen molar-refractivity contribution in [2.45, 2.75) is 12.8 Å². The van der Waals surface area contributed by atoms with Gasteiger partial charge in [0.15, 0.2) is 0 Å². The van der Waals surface area contributed by atoms with Gasteiger partial charge in [0.1, 0.15) is 11.5 Å². The molecule has 0 spiro atoms. The SMILES string of the molecule is N=C1/C(=C/c2ccc(O)cc2)CC/C1=C\c1ccc(O)cc1. The van der Waals surface area contributed by atoms with E-state index in [4.69, 9.17) is 5.41 Å². The summed E-state index contributed by atoms with van der Waals surface area (Å²) in [6.45, 7) is 0. The fourth-order valence-corrected chi connectivity index (χ4v) is 2.56. The number of aromatic hydroxyl groups is 2. The lowest BCUT2D eigenvalue weighted by Gasteiger charge is -2.01. The minimum absolute atomic E-state index is 0.247. The van der Waals surface area contributed by atoms with Crippen LogP contribution in [-0.2, 0) is 0 Å². The molecule has 1 fully saturated rings. The lowest BCUT2D eigenvalue weighted by Crippen LogP contribution is -1.94. The van der Waals surface area contributed by atoms with Gasteiger partial charge in [-0.3, -0.25) is 0 Å². The van der Waals surface area contributed by atoms with Crippen LogP contribution in [0.2, 0.25) is 0 Å². The maximum atomic E-state index is 9.31. The summed E-state index contributed by atoms with van der Waals surface area (Å²) in [5, 5.41) is 26.9. The number of phenols is 2. The number of phenolic OH excluding ortho intramolecular Hbond substituents is 2. The Morgan fingerprint density at radius 1 is 0.682 bits per heavy atom. The number of hydrogen-bond donors (Lipinski definition) is 3.